The zero-order chi connectivity index (χ0) is 41.4. The van der Waals surface area contributed by atoms with Crippen LogP contribution in [0.5, 0.6) is 11.5 Å². The first-order valence-electron chi connectivity index (χ1n) is 19.5. The number of carbonyl (C=O) groups excluding carboxylic acids is 1. The van der Waals surface area contributed by atoms with E-state index in [-0.39, 0.29) is 46.0 Å². The van der Waals surface area contributed by atoms with Crippen molar-refractivity contribution < 1.29 is 53.5 Å². The van der Waals surface area contributed by atoms with E-state index in [1.165, 1.54) is 41.3 Å². The molecule has 6 aromatic rings. The van der Waals surface area contributed by atoms with Crippen molar-refractivity contribution in [2.24, 2.45) is 5.92 Å². The minimum atomic E-state index is -1.68. The molecule has 0 unspecified atom stereocenters. The van der Waals surface area contributed by atoms with Gasteiger partial charge in [-0.15, -0.1) is 0 Å². The fraction of sp³-hybridized carbons (Fsp3) is 0.341. The number of aromatic hydroxyl groups is 1. The third kappa shape index (κ3) is 8.27. The van der Waals surface area contributed by atoms with E-state index in [0.29, 0.717) is 11.3 Å². The molecule has 4 heterocycles. The lowest BCUT2D eigenvalue weighted by Crippen LogP contribution is -2.63. The smallest absolute Gasteiger partial charge is 0.321 e. The Morgan fingerprint density at radius 2 is 1.71 bits per heavy atom. The average Bonchev–Trinajstić information content (AvgIpc) is 3.96. The van der Waals surface area contributed by atoms with Crippen LogP contribution in [0, 0.1) is 19.8 Å². The third-order valence-electron chi connectivity index (χ3n) is 11.0. The number of rotatable bonds is 13. The van der Waals surface area contributed by atoms with Crippen LogP contribution in [0.25, 0.3) is 44.3 Å². The zero-order valence-electron chi connectivity index (χ0n) is 32.4. The number of aliphatic hydroxyl groups is 2. The molecule has 0 bridgehead atoms. The van der Waals surface area contributed by atoms with Gasteiger partial charge >= 0.3 is 11.9 Å². The fourth-order valence-corrected chi connectivity index (χ4v) is 7.95. The van der Waals surface area contributed by atoms with Crippen LogP contribution in [0.3, 0.4) is 0 Å². The molecule has 0 radical (unpaired) electrons. The highest BCUT2D eigenvalue weighted by molar-refractivity contribution is 5.94. The highest BCUT2D eigenvalue weighted by Gasteiger charge is 2.49. The lowest BCUT2D eigenvalue weighted by atomic mass is 9.99. The van der Waals surface area contributed by atoms with Crippen LogP contribution >= 0.6 is 0 Å². The Morgan fingerprint density at radius 3 is 2.44 bits per heavy atom. The van der Waals surface area contributed by atoms with E-state index in [1.807, 2.05) is 38.1 Å². The number of H-pyrrole nitrogens is 1. The standard InChI is InChI=1S/C44H45N3O12/c1-23-15-24(2)17-27(16-23)37-36-26(13-14-45-36)20-47(37)59-41-40(51)39(50)35(22-56-43(54)32(42(52)53)19-46-28-5-3-4-6-28)58-44(41)57-30-11-12-31-34(18-30)55-21-33(38(31)49)25-7-9-29(48)10-8-25/h7-18,20-21,28,32,35,39-41,44-46,48,50-51H,3-6,19,22H2,1-2H3,(H,52,53)/t32-,35-,39-,40+,41-,44-/m0/s1. The molecule has 6 N–H and O–H groups in total. The number of hydrogen-bond donors (Lipinski definition) is 6. The van der Waals surface area contributed by atoms with E-state index in [9.17, 15) is 34.8 Å². The lowest BCUT2D eigenvalue weighted by Gasteiger charge is -2.41. The number of aliphatic hydroxyl groups excluding tert-OH is 2. The van der Waals surface area contributed by atoms with Gasteiger partial charge in [-0.05, 0) is 74.7 Å². The summed E-state index contributed by atoms with van der Waals surface area (Å²) >= 11 is 0. The second kappa shape index (κ2) is 16.6. The highest BCUT2D eigenvalue weighted by atomic mass is 16.8. The monoisotopic (exact) mass is 807 g/mol. The lowest BCUT2D eigenvalue weighted by molar-refractivity contribution is -0.288. The van der Waals surface area contributed by atoms with Gasteiger partial charge in [-0.1, -0.05) is 42.2 Å². The molecule has 3 aromatic heterocycles. The van der Waals surface area contributed by atoms with Gasteiger partial charge in [-0.25, -0.2) is 0 Å². The summed E-state index contributed by atoms with van der Waals surface area (Å²) in [4.78, 5) is 48.4. The van der Waals surface area contributed by atoms with Crippen molar-refractivity contribution in [1.82, 2.24) is 15.0 Å². The maximum Gasteiger partial charge on any atom is 0.321 e. The Morgan fingerprint density at radius 1 is 0.966 bits per heavy atom. The molecule has 8 rings (SSSR count). The maximum absolute atomic E-state index is 13.5. The molecule has 0 spiro atoms. The molecule has 1 aliphatic heterocycles. The number of fused-ring (bicyclic) bond motifs is 2. The number of esters is 1. The van der Waals surface area contributed by atoms with Gasteiger partial charge in [0.1, 0.15) is 54.0 Å². The SMILES string of the molecule is Cc1cc(C)cc(-c2c3[nH]ccc3cn2O[C@@H]2[C@@H](Oc3ccc4c(=O)c(-c5ccc(O)cc5)coc4c3)O[C@@H](COC(=O)[C@@H](CNC3CCCC3)C(=O)O)[C@H](O)[C@H]2O)c1. The molecule has 6 atom stereocenters. The highest BCUT2D eigenvalue weighted by Crippen LogP contribution is 2.34. The van der Waals surface area contributed by atoms with Gasteiger partial charge in [0.25, 0.3) is 0 Å². The van der Waals surface area contributed by atoms with Gasteiger partial charge in [0, 0.05) is 35.8 Å². The number of carbonyl (C=O) groups is 2. The van der Waals surface area contributed by atoms with Gasteiger partial charge in [0.15, 0.2) is 11.3 Å². The second-order valence-corrected chi connectivity index (χ2v) is 15.3. The number of nitrogens with one attached hydrogen (secondary N) is 2. The second-order valence-electron chi connectivity index (χ2n) is 15.3. The van der Waals surface area contributed by atoms with Crippen molar-refractivity contribution in [2.45, 2.75) is 76.3 Å². The van der Waals surface area contributed by atoms with Gasteiger partial charge in [-0.2, -0.15) is 4.73 Å². The van der Waals surface area contributed by atoms with Gasteiger partial charge < -0.3 is 54.2 Å². The Balaban J connectivity index is 1.09. The normalized spacial score (nSPS) is 21.5. The summed E-state index contributed by atoms with van der Waals surface area (Å²) in [7, 11) is 0. The quantitative estimate of drug-likeness (QED) is 0.0682. The predicted octanol–water partition coefficient (Wildman–Crippen LogP) is 4.83. The molecule has 308 valence electrons. The molecule has 1 saturated carbocycles. The first-order valence-corrected chi connectivity index (χ1v) is 19.5. The number of ether oxygens (including phenoxy) is 3. The van der Waals surface area contributed by atoms with Crippen molar-refractivity contribution in [3.05, 3.63) is 107 Å². The number of hydrogen-bond acceptors (Lipinski definition) is 12. The molecule has 0 amide bonds. The number of aromatic nitrogens is 2. The summed E-state index contributed by atoms with van der Waals surface area (Å²) in [6, 6.07) is 18.7. The van der Waals surface area contributed by atoms with E-state index >= 15 is 0 Å². The van der Waals surface area contributed by atoms with Gasteiger partial charge in [-0.3, -0.25) is 14.4 Å². The molecule has 2 aliphatic rings. The summed E-state index contributed by atoms with van der Waals surface area (Å²) in [5, 5.41) is 46.9. The van der Waals surface area contributed by atoms with Gasteiger partial charge in [0.2, 0.25) is 12.4 Å². The van der Waals surface area contributed by atoms with Crippen LogP contribution in [0.2, 0.25) is 0 Å². The van der Waals surface area contributed by atoms with Crippen molar-refractivity contribution in [2.75, 3.05) is 13.2 Å². The van der Waals surface area contributed by atoms with Crippen molar-refractivity contribution in [3.8, 4) is 33.9 Å². The number of aromatic amines is 1. The van der Waals surface area contributed by atoms with Crippen LogP contribution in [0.4, 0.5) is 0 Å². The topological polar surface area (TPSA) is 215 Å². The van der Waals surface area contributed by atoms with Crippen LogP contribution in [0.1, 0.15) is 36.8 Å². The number of aliphatic carboxylic acids is 1. The van der Waals surface area contributed by atoms with Crippen LogP contribution in [-0.4, -0.2) is 92.0 Å². The van der Waals surface area contributed by atoms with Crippen molar-refractivity contribution >= 4 is 33.8 Å². The third-order valence-corrected chi connectivity index (χ3v) is 11.0. The summed E-state index contributed by atoms with van der Waals surface area (Å²) in [5.74, 6) is -3.69. The van der Waals surface area contributed by atoms with E-state index in [2.05, 4.69) is 10.3 Å². The minimum Gasteiger partial charge on any atom is -0.508 e. The van der Waals surface area contributed by atoms with Crippen molar-refractivity contribution in [1.29, 1.82) is 0 Å². The largest absolute Gasteiger partial charge is 0.508 e. The molecule has 3 aromatic carbocycles. The number of carboxylic acid groups (broad SMARTS) is 1. The Kier molecular flexibility index (Phi) is 11.2. The number of nitrogens with zero attached hydrogens (tertiary/aromatic N) is 1. The first-order chi connectivity index (χ1) is 28.4. The predicted molar refractivity (Wildman–Crippen MR) is 215 cm³/mol. The Bertz CT molecular complexity index is 2520. The van der Waals surface area contributed by atoms with Crippen LogP contribution in [-0.2, 0) is 19.1 Å². The molecule has 2 fully saturated rings. The molecule has 15 heteroatoms. The molecule has 1 saturated heterocycles. The number of aryl methyl sites for hydroxylation is 2. The summed E-state index contributed by atoms with van der Waals surface area (Å²) in [6.45, 7) is 3.23. The fourth-order valence-electron chi connectivity index (χ4n) is 7.95. The molecular formula is C44H45N3O12. The summed E-state index contributed by atoms with van der Waals surface area (Å²) < 4.78 is 25.3. The molecular weight excluding hydrogens is 762 g/mol. The molecule has 15 nitrogen and oxygen atoms in total. The van der Waals surface area contributed by atoms with E-state index in [0.717, 1.165) is 53.3 Å². The zero-order valence-corrected chi connectivity index (χ0v) is 32.4. The summed E-state index contributed by atoms with van der Waals surface area (Å²) in [6.07, 6.45) is 1.06. The van der Waals surface area contributed by atoms with Crippen LogP contribution < -0.4 is 20.3 Å². The van der Waals surface area contributed by atoms with E-state index in [1.54, 1.807) is 24.5 Å². The summed E-state index contributed by atoms with van der Waals surface area (Å²) in [5.41, 5.74) is 4.94. The molecule has 1 aliphatic carbocycles. The van der Waals surface area contributed by atoms with E-state index < -0.39 is 55.2 Å². The Labute approximate surface area is 337 Å². The van der Waals surface area contributed by atoms with Crippen molar-refractivity contribution in [3.63, 3.8) is 0 Å². The van der Waals surface area contributed by atoms with Gasteiger partial charge in [0.05, 0.1) is 22.7 Å². The first kappa shape index (κ1) is 39.7. The minimum absolute atomic E-state index is 0.0538. The van der Waals surface area contributed by atoms with E-state index in [4.69, 9.17) is 23.5 Å². The van der Waals surface area contributed by atoms with Crippen LogP contribution in [0.15, 0.2) is 94.6 Å². The Hall–Kier alpha value is -6.13. The number of phenolic OH excluding ortho intramolecular Hbond substituents is 1. The molecule has 59 heavy (non-hydrogen) atoms. The number of carboxylic acids is 1. The average molecular weight is 808 g/mol. The number of benzene rings is 3. The maximum atomic E-state index is 13.5. The number of phenols is 1.